The van der Waals surface area contributed by atoms with Crippen molar-refractivity contribution in [2.45, 2.75) is 6.10 Å². The summed E-state index contributed by atoms with van der Waals surface area (Å²) in [7, 11) is 1.59. The fourth-order valence-electron chi connectivity index (χ4n) is 3.67. The second-order valence-electron chi connectivity index (χ2n) is 6.81. The first-order valence-corrected chi connectivity index (χ1v) is 9.73. The number of hydrogen-bond donors (Lipinski definition) is 0. The Morgan fingerprint density at radius 1 is 1.19 bits per heavy atom. The van der Waals surface area contributed by atoms with Crippen molar-refractivity contribution in [1.82, 2.24) is 19.4 Å². The zero-order valence-electron chi connectivity index (χ0n) is 14.9. The van der Waals surface area contributed by atoms with Gasteiger partial charge in [-0.25, -0.2) is 4.98 Å². The molecule has 0 unspecified atom stereocenters. The van der Waals surface area contributed by atoms with Gasteiger partial charge >= 0.3 is 0 Å². The number of amides is 2. The van der Waals surface area contributed by atoms with Crippen molar-refractivity contribution in [2.75, 3.05) is 32.8 Å². The Morgan fingerprint density at radius 2 is 2.00 bits per heavy atom. The molecule has 2 fully saturated rings. The maximum absolute atomic E-state index is 12.9. The van der Waals surface area contributed by atoms with Crippen LogP contribution in [-0.2, 0) is 11.8 Å². The maximum Gasteiger partial charge on any atom is 0.273 e. The normalized spacial score (nSPS) is 22.4. The molecule has 2 amide bonds. The van der Waals surface area contributed by atoms with Crippen LogP contribution in [0.25, 0.3) is 0 Å². The van der Waals surface area contributed by atoms with Gasteiger partial charge < -0.3 is 19.1 Å². The molecule has 27 heavy (non-hydrogen) atoms. The third kappa shape index (κ3) is 3.40. The number of rotatable bonds is 2. The number of carbonyl (C=O) groups excluding carboxylic acids is 2. The molecule has 2 aromatic heterocycles. The van der Waals surface area contributed by atoms with Crippen LogP contribution in [-0.4, -0.2) is 70.1 Å². The standard InChI is InChI=1S/C18H20N4O4S/c1-20-14(3-2-4-16(20)23)18(25)22-8-12-7-21(5-6-26-15(12)9-22)17(24)13-10-27-11-19-13/h2-4,10-12,15H,5-9H2,1H3/t12-,15+/m0/s1. The molecule has 2 saturated heterocycles. The highest BCUT2D eigenvalue weighted by Gasteiger charge is 2.40. The molecule has 8 nitrogen and oxygen atoms in total. The number of ether oxygens (including phenoxy) is 1. The van der Waals surface area contributed by atoms with Gasteiger partial charge in [0.1, 0.15) is 11.4 Å². The van der Waals surface area contributed by atoms with Crippen LogP contribution in [0.3, 0.4) is 0 Å². The van der Waals surface area contributed by atoms with Crippen LogP contribution in [0.4, 0.5) is 0 Å². The van der Waals surface area contributed by atoms with Gasteiger partial charge in [-0.05, 0) is 6.07 Å². The number of pyridine rings is 1. The quantitative estimate of drug-likeness (QED) is 0.746. The molecule has 4 heterocycles. The van der Waals surface area contributed by atoms with Crippen molar-refractivity contribution in [3.63, 3.8) is 0 Å². The predicted molar refractivity (Wildman–Crippen MR) is 98.8 cm³/mol. The highest BCUT2D eigenvalue weighted by molar-refractivity contribution is 7.07. The molecular formula is C18H20N4O4S. The zero-order chi connectivity index (χ0) is 19.0. The number of hydrogen-bond acceptors (Lipinski definition) is 6. The minimum absolute atomic E-state index is 0.0415. The van der Waals surface area contributed by atoms with Crippen molar-refractivity contribution >= 4 is 23.2 Å². The first-order chi connectivity index (χ1) is 13.0. The van der Waals surface area contributed by atoms with Gasteiger partial charge in [0.2, 0.25) is 0 Å². The fraction of sp³-hybridized carbons (Fsp3) is 0.444. The number of thiazole rings is 1. The second kappa shape index (κ2) is 7.24. The molecule has 0 spiro atoms. The molecule has 0 N–H and O–H groups in total. The number of likely N-dealkylation sites (tertiary alicyclic amines) is 1. The predicted octanol–water partition coefficient (Wildman–Crippen LogP) is 0.455. The number of aromatic nitrogens is 2. The van der Waals surface area contributed by atoms with E-state index < -0.39 is 0 Å². The van der Waals surface area contributed by atoms with E-state index in [-0.39, 0.29) is 29.4 Å². The van der Waals surface area contributed by atoms with Gasteiger partial charge in [0.15, 0.2) is 0 Å². The monoisotopic (exact) mass is 388 g/mol. The highest BCUT2D eigenvalue weighted by Crippen LogP contribution is 2.25. The summed E-state index contributed by atoms with van der Waals surface area (Å²) < 4.78 is 7.28. The SMILES string of the molecule is Cn1c(C(=O)N2C[C@@H]3CN(C(=O)c4cscn4)CCO[C@@H]3C2)cccc1=O. The highest BCUT2D eigenvalue weighted by atomic mass is 32.1. The Hall–Kier alpha value is -2.52. The second-order valence-corrected chi connectivity index (χ2v) is 7.53. The lowest BCUT2D eigenvalue weighted by molar-refractivity contribution is 0.0475. The molecule has 2 atom stereocenters. The van der Waals surface area contributed by atoms with Crippen LogP contribution < -0.4 is 5.56 Å². The van der Waals surface area contributed by atoms with Crippen molar-refractivity contribution in [2.24, 2.45) is 13.0 Å². The molecule has 9 heteroatoms. The lowest BCUT2D eigenvalue weighted by Gasteiger charge is -2.23. The van der Waals surface area contributed by atoms with E-state index in [4.69, 9.17) is 4.74 Å². The Labute approximate surface area is 160 Å². The summed E-state index contributed by atoms with van der Waals surface area (Å²) in [5.41, 5.74) is 2.23. The molecular weight excluding hydrogens is 368 g/mol. The van der Waals surface area contributed by atoms with E-state index in [1.807, 2.05) is 0 Å². The van der Waals surface area contributed by atoms with Crippen LogP contribution in [0.15, 0.2) is 33.9 Å². The molecule has 2 aliphatic rings. The van der Waals surface area contributed by atoms with E-state index >= 15 is 0 Å². The molecule has 0 bridgehead atoms. The van der Waals surface area contributed by atoms with Crippen molar-refractivity contribution < 1.29 is 14.3 Å². The fourth-order valence-corrected chi connectivity index (χ4v) is 4.19. The van der Waals surface area contributed by atoms with Crippen LogP contribution in [0.1, 0.15) is 21.0 Å². The summed E-state index contributed by atoms with van der Waals surface area (Å²) in [6.07, 6.45) is -0.108. The summed E-state index contributed by atoms with van der Waals surface area (Å²) in [5.74, 6) is -0.250. The molecule has 4 rings (SSSR count). The molecule has 142 valence electrons. The zero-order valence-corrected chi connectivity index (χ0v) is 15.7. The largest absolute Gasteiger partial charge is 0.374 e. The third-order valence-electron chi connectivity index (χ3n) is 5.16. The van der Waals surface area contributed by atoms with E-state index in [2.05, 4.69) is 4.98 Å². The lowest BCUT2D eigenvalue weighted by Crippen LogP contribution is -2.38. The average molecular weight is 388 g/mol. The topological polar surface area (TPSA) is 84.7 Å². The minimum Gasteiger partial charge on any atom is -0.374 e. The number of carbonyl (C=O) groups is 2. The van der Waals surface area contributed by atoms with Crippen molar-refractivity contribution in [3.8, 4) is 0 Å². The summed E-state index contributed by atoms with van der Waals surface area (Å²) >= 11 is 1.39. The molecule has 0 aromatic carbocycles. The van der Waals surface area contributed by atoms with Crippen molar-refractivity contribution in [1.29, 1.82) is 0 Å². The molecule has 0 radical (unpaired) electrons. The third-order valence-corrected chi connectivity index (χ3v) is 5.75. The smallest absolute Gasteiger partial charge is 0.273 e. The first kappa shape index (κ1) is 17.9. The molecule has 0 saturated carbocycles. The average Bonchev–Trinajstić information content (AvgIpc) is 3.29. The van der Waals surface area contributed by atoms with Gasteiger partial charge in [0.05, 0.1) is 18.2 Å². The van der Waals surface area contributed by atoms with E-state index in [9.17, 15) is 14.4 Å². The maximum atomic E-state index is 12.9. The van der Waals surface area contributed by atoms with E-state index in [0.717, 1.165) is 0 Å². The van der Waals surface area contributed by atoms with Gasteiger partial charge in [-0.2, -0.15) is 0 Å². The number of nitrogens with zero attached hydrogens (tertiary/aromatic N) is 4. The lowest BCUT2D eigenvalue weighted by atomic mass is 10.1. The Bertz CT molecular complexity index is 910. The van der Waals surface area contributed by atoms with Gasteiger partial charge in [-0.3, -0.25) is 14.4 Å². The van der Waals surface area contributed by atoms with Gasteiger partial charge in [-0.1, -0.05) is 6.07 Å². The van der Waals surface area contributed by atoms with Gasteiger partial charge in [0.25, 0.3) is 17.4 Å². The summed E-state index contributed by atoms with van der Waals surface area (Å²) in [6, 6.07) is 4.67. The van der Waals surface area contributed by atoms with Crippen LogP contribution in [0, 0.1) is 5.92 Å². The van der Waals surface area contributed by atoms with E-state index in [1.165, 1.54) is 22.0 Å². The Balaban J connectivity index is 1.49. The molecule has 2 aliphatic heterocycles. The van der Waals surface area contributed by atoms with Crippen molar-refractivity contribution in [3.05, 3.63) is 50.8 Å². The van der Waals surface area contributed by atoms with Gasteiger partial charge in [0, 0.05) is 50.6 Å². The van der Waals surface area contributed by atoms with Crippen LogP contribution >= 0.6 is 11.3 Å². The summed E-state index contributed by atoms with van der Waals surface area (Å²) in [5, 5.41) is 1.74. The van der Waals surface area contributed by atoms with Gasteiger partial charge in [-0.15, -0.1) is 11.3 Å². The summed E-state index contributed by atoms with van der Waals surface area (Å²) in [6.45, 7) is 2.44. The van der Waals surface area contributed by atoms with Crippen LogP contribution in [0.2, 0.25) is 0 Å². The first-order valence-electron chi connectivity index (χ1n) is 8.79. The van der Waals surface area contributed by atoms with E-state index in [0.29, 0.717) is 44.2 Å². The summed E-state index contributed by atoms with van der Waals surface area (Å²) in [4.78, 5) is 44.9. The van der Waals surface area contributed by atoms with Crippen LogP contribution in [0.5, 0.6) is 0 Å². The molecule has 0 aliphatic carbocycles. The number of fused-ring (bicyclic) bond motifs is 1. The Kier molecular flexibility index (Phi) is 4.79. The van der Waals surface area contributed by atoms with E-state index in [1.54, 1.807) is 39.9 Å². The minimum atomic E-state index is -0.217. The molecule has 2 aromatic rings. The Morgan fingerprint density at radius 3 is 2.78 bits per heavy atom.